The normalized spacial score (nSPS) is 24.7. The zero-order valence-electron chi connectivity index (χ0n) is 21.4. The smallest absolute Gasteiger partial charge is 0.246 e. The molecule has 37 heavy (non-hydrogen) atoms. The highest BCUT2D eigenvalue weighted by Gasteiger charge is 2.42. The molecule has 3 aliphatic rings. The number of benzene rings is 1. The Balaban J connectivity index is 1.20. The van der Waals surface area contributed by atoms with Crippen LogP contribution in [0.3, 0.4) is 0 Å². The standard InChI is InChI=1S/C29H35N5O3/c1-19-24-16-25(23-8-3-4-9-26(23)35)31-32-29(24)30-28(19)20-14-21-17-37-18-22(15-20)34(21)27(36)10-7-13-33-11-5-2-6-12-33/h3-4,7-10,16,20-22,35H,2,5-6,11-15,17-18H2,1H3,(H,30,32)/b10-7+/t20?,21-,22?/m0/s1. The van der Waals surface area contributed by atoms with E-state index >= 15 is 0 Å². The van der Waals surface area contributed by atoms with E-state index in [4.69, 9.17) is 4.74 Å². The van der Waals surface area contributed by atoms with Crippen LogP contribution in [0.5, 0.6) is 5.75 Å². The molecular formula is C29H35N5O3. The number of ether oxygens (including phenoxy) is 1. The van der Waals surface area contributed by atoms with Gasteiger partial charge in [0.1, 0.15) is 5.75 Å². The number of nitrogens with zero attached hydrogens (tertiary/aromatic N) is 4. The fourth-order valence-electron chi connectivity index (χ4n) is 6.41. The van der Waals surface area contributed by atoms with E-state index in [1.807, 2.05) is 24.3 Å². The molecule has 2 aromatic heterocycles. The van der Waals surface area contributed by atoms with Crippen LogP contribution in [0.4, 0.5) is 0 Å². The number of morpholine rings is 1. The number of hydrogen-bond donors (Lipinski definition) is 2. The number of hydrogen-bond acceptors (Lipinski definition) is 6. The third-order valence-electron chi connectivity index (χ3n) is 8.29. The number of piperidine rings is 2. The number of phenols is 1. The lowest BCUT2D eigenvalue weighted by Gasteiger charge is -2.48. The second-order valence-corrected chi connectivity index (χ2v) is 10.7. The van der Waals surface area contributed by atoms with Gasteiger partial charge >= 0.3 is 0 Å². The molecule has 5 heterocycles. The highest BCUT2D eigenvalue weighted by Crippen LogP contribution is 2.40. The molecule has 3 atom stereocenters. The van der Waals surface area contributed by atoms with Gasteiger partial charge in [-0.05, 0) is 69.5 Å². The average Bonchev–Trinajstić information content (AvgIpc) is 3.24. The third kappa shape index (κ3) is 4.76. The van der Waals surface area contributed by atoms with Gasteiger partial charge in [-0.3, -0.25) is 9.69 Å². The Morgan fingerprint density at radius 2 is 1.89 bits per heavy atom. The summed E-state index contributed by atoms with van der Waals surface area (Å²) in [5, 5.41) is 20.1. The van der Waals surface area contributed by atoms with Crippen LogP contribution in [0.2, 0.25) is 0 Å². The molecule has 3 aliphatic heterocycles. The lowest BCUT2D eigenvalue weighted by atomic mass is 9.82. The van der Waals surface area contributed by atoms with Crippen molar-refractivity contribution in [3.05, 3.63) is 53.7 Å². The summed E-state index contributed by atoms with van der Waals surface area (Å²) in [6, 6.07) is 9.33. The average molecular weight is 502 g/mol. The molecule has 6 rings (SSSR count). The minimum atomic E-state index is 0.0679. The molecule has 8 nitrogen and oxygen atoms in total. The summed E-state index contributed by atoms with van der Waals surface area (Å²) >= 11 is 0. The number of aromatic amines is 1. The Morgan fingerprint density at radius 1 is 1.14 bits per heavy atom. The molecule has 2 bridgehead atoms. The highest BCUT2D eigenvalue weighted by molar-refractivity contribution is 5.88. The van der Waals surface area contributed by atoms with Gasteiger partial charge in [-0.2, -0.15) is 0 Å². The molecule has 3 saturated heterocycles. The van der Waals surface area contributed by atoms with Crippen LogP contribution >= 0.6 is 0 Å². The largest absolute Gasteiger partial charge is 0.507 e. The number of fused-ring (bicyclic) bond motifs is 3. The fraction of sp³-hybridized carbons (Fsp3) is 0.483. The second-order valence-electron chi connectivity index (χ2n) is 10.7. The minimum Gasteiger partial charge on any atom is -0.507 e. The van der Waals surface area contributed by atoms with Crippen molar-refractivity contribution < 1.29 is 14.6 Å². The number of likely N-dealkylation sites (tertiary alicyclic amines) is 1. The van der Waals surface area contributed by atoms with E-state index in [-0.39, 0.29) is 23.7 Å². The summed E-state index contributed by atoms with van der Waals surface area (Å²) < 4.78 is 5.88. The number of rotatable bonds is 5. The monoisotopic (exact) mass is 501 g/mol. The van der Waals surface area contributed by atoms with Gasteiger partial charge in [0.25, 0.3) is 0 Å². The lowest BCUT2D eigenvalue weighted by molar-refractivity contribution is -0.146. The first-order valence-corrected chi connectivity index (χ1v) is 13.5. The fourth-order valence-corrected chi connectivity index (χ4v) is 6.41. The van der Waals surface area contributed by atoms with Crippen molar-refractivity contribution in [2.75, 3.05) is 32.8 Å². The Hall–Kier alpha value is -3.23. The quantitative estimate of drug-likeness (QED) is 0.510. The van der Waals surface area contributed by atoms with Crippen LogP contribution in [-0.4, -0.2) is 80.9 Å². The Morgan fingerprint density at radius 3 is 2.65 bits per heavy atom. The van der Waals surface area contributed by atoms with Crippen LogP contribution in [0.1, 0.15) is 49.3 Å². The first-order valence-electron chi connectivity index (χ1n) is 13.5. The van der Waals surface area contributed by atoms with Gasteiger partial charge in [-0.15, -0.1) is 10.2 Å². The van der Waals surface area contributed by atoms with Gasteiger partial charge in [-0.25, -0.2) is 0 Å². The summed E-state index contributed by atoms with van der Waals surface area (Å²) in [5.74, 6) is 0.600. The van der Waals surface area contributed by atoms with Gasteiger partial charge in [-0.1, -0.05) is 24.6 Å². The number of nitrogens with one attached hydrogen (secondary N) is 1. The van der Waals surface area contributed by atoms with Crippen LogP contribution in [0.25, 0.3) is 22.3 Å². The van der Waals surface area contributed by atoms with E-state index in [0.29, 0.717) is 30.4 Å². The van der Waals surface area contributed by atoms with E-state index in [9.17, 15) is 9.90 Å². The molecule has 1 amide bonds. The maximum absolute atomic E-state index is 13.2. The molecule has 0 saturated carbocycles. The zero-order valence-corrected chi connectivity index (χ0v) is 21.4. The van der Waals surface area contributed by atoms with Crippen molar-refractivity contribution in [3.63, 3.8) is 0 Å². The van der Waals surface area contributed by atoms with E-state index < -0.39 is 0 Å². The molecule has 3 fully saturated rings. The molecule has 1 aromatic carbocycles. The Labute approximate surface area is 217 Å². The number of carbonyl (C=O) groups is 1. The third-order valence-corrected chi connectivity index (χ3v) is 8.29. The predicted molar refractivity (Wildman–Crippen MR) is 142 cm³/mol. The van der Waals surface area contributed by atoms with Crippen LogP contribution < -0.4 is 0 Å². The number of para-hydroxylation sites is 1. The Bertz CT molecular complexity index is 1300. The number of phenolic OH excluding ortho intramolecular Hbond substituents is 1. The number of H-pyrrole nitrogens is 1. The van der Waals surface area contributed by atoms with Gasteiger partial charge in [0.2, 0.25) is 5.91 Å². The lowest BCUT2D eigenvalue weighted by Crippen LogP contribution is -2.58. The van der Waals surface area contributed by atoms with Gasteiger partial charge in [0.15, 0.2) is 5.65 Å². The number of aromatic nitrogens is 3. The summed E-state index contributed by atoms with van der Waals surface area (Å²) in [4.78, 5) is 21.3. The highest BCUT2D eigenvalue weighted by atomic mass is 16.5. The minimum absolute atomic E-state index is 0.0679. The van der Waals surface area contributed by atoms with Crippen molar-refractivity contribution in [2.24, 2.45) is 0 Å². The number of carbonyl (C=O) groups excluding carboxylic acids is 1. The first-order chi connectivity index (χ1) is 18.1. The van der Waals surface area contributed by atoms with Gasteiger partial charge < -0.3 is 19.7 Å². The maximum atomic E-state index is 13.2. The number of aryl methyl sites for hydroxylation is 1. The van der Waals surface area contributed by atoms with E-state index in [1.54, 1.807) is 18.2 Å². The van der Waals surface area contributed by atoms with Crippen molar-refractivity contribution in [1.29, 1.82) is 0 Å². The summed E-state index contributed by atoms with van der Waals surface area (Å²) in [6.45, 7) is 6.39. The van der Waals surface area contributed by atoms with Gasteiger partial charge in [0.05, 0.1) is 31.0 Å². The van der Waals surface area contributed by atoms with Crippen molar-refractivity contribution in [2.45, 2.75) is 57.0 Å². The van der Waals surface area contributed by atoms with Gasteiger partial charge in [0, 0.05) is 35.2 Å². The van der Waals surface area contributed by atoms with E-state index in [2.05, 4.69) is 31.9 Å². The predicted octanol–water partition coefficient (Wildman–Crippen LogP) is 4.15. The second kappa shape index (κ2) is 10.3. The molecule has 3 aromatic rings. The summed E-state index contributed by atoms with van der Waals surface area (Å²) in [5.41, 5.74) is 4.41. The summed E-state index contributed by atoms with van der Waals surface area (Å²) in [6.07, 6.45) is 9.36. The van der Waals surface area contributed by atoms with E-state index in [0.717, 1.165) is 49.1 Å². The zero-order chi connectivity index (χ0) is 25.4. The molecule has 194 valence electrons. The molecule has 8 heteroatoms. The van der Waals surface area contributed by atoms with Crippen LogP contribution in [0.15, 0.2) is 42.5 Å². The molecule has 0 radical (unpaired) electrons. The molecule has 0 aliphatic carbocycles. The van der Waals surface area contributed by atoms with Crippen molar-refractivity contribution in [1.82, 2.24) is 25.0 Å². The topological polar surface area (TPSA) is 94.6 Å². The number of aromatic hydroxyl groups is 1. The van der Waals surface area contributed by atoms with Crippen LogP contribution in [0, 0.1) is 6.92 Å². The SMILES string of the molecule is Cc1c(C2CC3COC[C@H](C2)N3C(=O)/C=C/CN2CCCCC2)[nH]c2nnc(-c3ccccc3O)cc12. The van der Waals surface area contributed by atoms with Crippen molar-refractivity contribution >= 4 is 16.9 Å². The molecular weight excluding hydrogens is 466 g/mol. The van der Waals surface area contributed by atoms with Crippen molar-refractivity contribution in [3.8, 4) is 17.0 Å². The molecule has 2 N–H and O–H groups in total. The Kier molecular flexibility index (Phi) is 6.69. The molecule has 0 spiro atoms. The van der Waals surface area contributed by atoms with E-state index in [1.165, 1.54) is 25.0 Å². The maximum Gasteiger partial charge on any atom is 0.246 e. The molecule has 2 unspecified atom stereocenters. The summed E-state index contributed by atoms with van der Waals surface area (Å²) in [7, 11) is 0. The number of amides is 1. The van der Waals surface area contributed by atoms with Crippen LogP contribution in [-0.2, 0) is 9.53 Å². The first kappa shape index (κ1) is 24.1.